The minimum absolute atomic E-state index is 0.0596. The molecule has 0 amide bonds. The predicted octanol–water partition coefficient (Wildman–Crippen LogP) is 2.84. The van der Waals surface area contributed by atoms with E-state index in [2.05, 4.69) is 6.92 Å². The molecule has 4 heteroatoms. The van der Waals surface area contributed by atoms with Crippen molar-refractivity contribution in [1.82, 2.24) is 0 Å². The number of carbonyl (C=O) groups excluding carboxylic acids is 1. The van der Waals surface area contributed by atoms with Crippen LogP contribution in [0.5, 0.6) is 11.5 Å². The first-order valence-corrected chi connectivity index (χ1v) is 6.33. The molecular weight excluding hydrogens is 244 g/mol. The van der Waals surface area contributed by atoms with E-state index >= 15 is 0 Å². The van der Waals surface area contributed by atoms with Gasteiger partial charge in [0.1, 0.15) is 0 Å². The van der Waals surface area contributed by atoms with Crippen LogP contribution in [0.4, 0.5) is 0 Å². The molecule has 1 aromatic rings. The van der Waals surface area contributed by atoms with E-state index in [1.54, 1.807) is 12.1 Å². The molecule has 0 aliphatic rings. The highest BCUT2D eigenvalue weighted by atomic mass is 16.5. The van der Waals surface area contributed by atoms with E-state index in [4.69, 9.17) is 9.47 Å². The fraction of sp³-hybridized carbons (Fsp3) is 0.400. The number of rotatable bonds is 7. The van der Waals surface area contributed by atoms with Gasteiger partial charge in [-0.2, -0.15) is 0 Å². The Hall–Kier alpha value is -1.97. The molecule has 0 aliphatic carbocycles. The highest BCUT2D eigenvalue weighted by molar-refractivity contribution is 5.72. The summed E-state index contributed by atoms with van der Waals surface area (Å²) in [4.78, 5) is 11.6. The summed E-state index contributed by atoms with van der Waals surface area (Å²) < 4.78 is 10.1. The summed E-state index contributed by atoms with van der Waals surface area (Å²) in [5, 5.41) is 9.44. The summed E-state index contributed by atoms with van der Waals surface area (Å²) in [6, 6.07) is 4.81. The van der Waals surface area contributed by atoms with Crippen LogP contribution < -0.4 is 4.74 Å². The van der Waals surface area contributed by atoms with Crippen molar-refractivity contribution in [2.24, 2.45) is 0 Å². The zero-order chi connectivity index (χ0) is 14.1. The van der Waals surface area contributed by atoms with E-state index in [0.717, 1.165) is 18.4 Å². The van der Waals surface area contributed by atoms with E-state index in [9.17, 15) is 9.90 Å². The van der Waals surface area contributed by atoms with Gasteiger partial charge in [0.05, 0.1) is 20.1 Å². The van der Waals surface area contributed by atoms with Gasteiger partial charge in [-0.15, -0.1) is 0 Å². The molecule has 0 spiro atoms. The molecule has 0 fully saturated rings. The van der Waals surface area contributed by atoms with Gasteiger partial charge in [0.15, 0.2) is 11.5 Å². The summed E-state index contributed by atoms with van der Waals surface area (Å²) in [7, 11) is 1.47. The maximum absolute atomic E-state index is 11.6. The smallest absolute Gasteiger partial charge is 0.310 e. The second kappa shape index (κ2) is 8.19. The van der Waals surface area contributed by atoms with Crippen molar-refractivity contribution in [1.29, 1.82) is 0 Å². The average molecular weight is 264 g/mol. The summed E-state index contributed by atoms with van der Waals surface area (Å²) in [6.45, 7) is 2.45. The molecule has 1 rings (SSSR count). The van der Waals surface area contributed by atoms with Crippen molar-refractivity contribution < 1.29 is 19.4 Å². The zero-order valence-electron chi connectivity index (χ0n) is 11.4. The first kappa shape index (κ1) is 15.1. The molecule has 0 saturated carbocycles. The maximum Gasteiger partial charge on any atom is 0.310 e. The first-order valence-electron chi connectivity index (χ1n) is 6.33. The third-order valence-corrected chi connectivity index (χ3v) is 2.54. The monoisotopic (exact) mass is 264 g/mol. The minimum atomic E-state index is -0.280. The fourth-order valence-electron chi connectivity index (χ4n) is 1.58. The van der Waals surface area contributed by atoms with Crippen molar-refractivity contribution in [2.75, 3.05) is 13.7 Å². The van der Waals surface area contributed by atoms with Crippen LogP contribution in [-0.2, 0) is 16.0 Å². The number of benzene rings is 1. The van der Waals surface area contributed by atoms with Crippen LogP contribution in [0.3, 0.4) is 0 Å². The molecular formula is C15H20O4. The number of ether oxygens (including phenoxy) is 2. The van der Waals surface area contributed by atoms with Gasteiger partial charge in [0, 0.05) is 0 Å². The highest BCUT2D eigenvalue weighted by Crippen LogP contribution is 2.26. The maximum atomic E-state index is 11.6. The van der Waals surface area contributed by atoms with Crippen molar-refractivity contribution in [3.63, 3.8) is 0 Å². The number of carbonyl (C=O) groups is 1. The Balaban J connectivity index is 2.42. The quantitative estimate of drug-likeness (QED) is 0.467. The number of phenolic OH excluding ortho intramolecular Hbond substituents is 1. The van der Waals surface area contributed by atoms with Gasteiger partial charge in [0.2, 0.25) is 0 Å². The number of hydrogen-bond donors (Lipinski definition) is 1. The van der Waals surface area contributed by atoms with Crippen molar-refractivity contribution in [3.05, 3.63) is 35.9 Å². The van der Waals surface area contributed by atoms with Crippen LogP contribution in [0.1, 0.15) is 25.3 Å². The molecule has 0 saturated heterocycles. The predicted molar refractivity (Wildman–Crippen MR) is 73.4 cm³/mol. The third-order valence-electron chi connectivity index (χ3n) is 2.54. The molecule has 104 valence electrons. The molecule has 1 N–H and O–H groups in total. The van der Waals surface area contributed by atoms with E-state index < -0.39 is 0 Å². The van der Waals surface area contributed by atoms with E-state index in [0.29, 0.717) is 12.4 Å². The Morgan fingerprint density at radius 3 is 2.84 bits per heavy atom. The summed E-state index contributed by atoms with van der Waals surface area (Å²) in [5.74, 6) is 0.137. The van der Waals surface area contributed by atoms with Crippen molar-refractivity contribution >= 4 is 5.97 Å². The Bertz CT molecular complexity index is 438. The number of phenols is 1. The number of methoxy groups -OCH3 is 1. The summed E-state index contributed by atoms with van der Waals surface area (Å²) in [6.07, 6.45) is 5.93. The molecule has 0 radical (unpaired) electrons. The highest BCUT2D eigenvalue weighted by Gasteiger charge is 2.07. The van der Waals surface area contributed by atoms with Crippen molar-refractivity contribution in [2.45, 2.75) is 26.2 Å². The van der Waals surface area contributed by atoms with Crippen LogP contribution in [0.15, 0.2) is 30.4 Å². The van der Waals surface area contributed by atoms with E-state index in [1.807, 2.05) is 12.2 Å². The molecule has 19 heavy (non-hydrogen) atoms. The van der Waals surface area contributed by atoms with E-state index in [-0.39, 0.29) is 18.1 Å². The molecule has 0 atom stereocenters. The third kappa shape index (κ3) is 5.46. The molecule has 1 aromatic carbocycles. The fourth-order valence-corrected chi connectivity index (χ4v) is 1.58. The Labute approximate surface area is 113 Å². The van der Waals surface area contributed by atoms with Gasteiger partial charge in [0.25, 0.3) is 0 Å². The van der Waals surface area contributed by atoms with Gasteiger partial charge >= 0.3 is 5.97 Å². The van der Waals surface area contributed by atoms with Crippen LogP contribution >= 0.6 is 0 Å². The molecule has 0 aromatic heterocycles. The number of allylic oxidation sites excluding steroid dienone is 1. The first-order chi connectivity index (χ1) is 9.17. The average Bonchev–Trinajstić information content (AvgIpc) is 2.40. The summed E-state index contributed by atoms with van der Waals surface area (Å²) >= 11 is 0. The molecule has 0 unspecified atom stereocenters. The Morgan fingerprint density at radius 1 is 1.37 bits per heavy atom. The molecule has 4 nitrogen and oxygen atoms in total. The topological polar surface area (TPSA) is 55.8 Å². The normalized spacial score (nSPS) is 10.6. The molecule has 0 aliphatic heterocycles. The Morgan fingerprint density at radius 2 is 2.16 bits per heavy atom. The molecule has 0 heterocycles. The summed E-state index contributed by atoms with van der Waals surface area (Å²) in [5.41, 5.74) is 0.753. The number of esters is 1. The van der Waals surface area contributed by atoms with Gasteiger partial charge < -0.3 is 14.6 Å². The molecule has 0 bridgehead atoms. The van der Waals surface area contributed by atoms with Crippen molar-refractivity contribution in [3.8, 4) is 11.5 Å². The van der Waals surface area contributed by atoms with Gasteiger partial charge in [-0.1, -0.05) is 25.1 Å². The minimum Gasteiger partial charge on any atom is -0.504 e. The van der Waals surface area contributed by atoms with Crippen LogP contribution in [0, 0.1) is 0 Å². The van der Waals surface area contributed by atoms with Gasteiger partial charge in [-0.25, -0.2) is 0 Å². The lowest BCUT2D eigenvalue weighted by Gasteiger charge is -2.07. The second-order valence-electron chi connectivity index (χ2n) is 4.07. The lowest BCUT2D eigenvalue weighted by Crippen LogP contribution is -2.08. The van der Waals surface area contributed by atoms with Gasteiger partial charge in [-0.05, 0) is 30.5 Å². The number of hydrogen-bond acceptors (Lipinski definition) is 4. The lowest BCUT2D eigenvalue weighted by molar-refractivity contribution is -0.142. The largest absolute Gasteiger partial charge is 0.504 e. The van der Waals surface area contributed by atoms with E-state index in [1.165, 1.54) is 13.2 Å². The lowest BCUT2D eigenvalue weighted by atomic mass is 10.1. The zero-order valence-corrected chi connectivity index (χ0v) is 11.4. The second-order valence-corrected chi connectivity index (χ2v) is 4.07. The SMILES string of the molecule is CCC=CCCOC(=O)Cc1ccc(O)c(OC)c1. The van der Waals surface area contributed by atoms with Crippen LogP contribution in [0.2, 0.25) is 0 Å². The van der Waals surface area contributed by atoms with Crippen LogP contribution in [0.25, 0.3) is 0 Å². The standard InChI is InChI=1S/C15H20O4/c1-3-4-5-6-9-19-15(17)11-12-7-8-13(16)14(10-12)18-2/h4-5,7-8,10,16H,3,6,9,11H2,1-2H3. The Kier molecular flexibility index (Phi) is 6.50. The van der Waals surface area contributed by atoms with Gasteiger partial charge in [-0.3, -0.25) is 4.79 Å². The number of aromatic hydroxyl groups is 1. The van der Waals surface area contributed by atoms with Crippen LogP contribution in [-0.4, -0.2) is 24.8 Å².